The van der Waals surface area contributed by atoms with Crippen molar-refractivity contribution in [3.8, 4) is 16.6 Å². The highest BCUT2D eigenvalue weighted by atomic mass is 32.1. The summed E-state index contributed by atoms with van der Waals surface area (Å²) < 4.78 is 0. The van der Waals surface area contributed by atoms with Crippen LogP contribution in [-0.2, 0) is 12.8 Å². The zero-order valence-electron chi connectivity index (χ0n) is 12.0. The Labute approximate surface area is 128 Å². The van der Waals surface area contributed by atoms with Crippen molar-refractivity contribution in [3.05, 3.63) is 28.3 Å². The van der Waals surface area contributed by atoms with Gasteiger partial charge < -0.3 is 4.90 Å². The van der Waals surface area contributed by atoms with E-state index in [1.165, 1.54) is 29.0 Å². The van der Waals surface area contributed by atoms with E-state index < -0.39 is 0 Å². The van der Waals surface area contributed by atoms with Crippen molar-refractivity contribution in [1.82, 2.24) is 9.97 Å². The van der Waals surface area contributed by atoms with Crippen LogP contribution in [0.1, 0.15) is 35.9 Å². The smallest absolute Gasteiger partial charge is 0.226 e. The van der Waals surface area contributed by atoms with Crippen LogP contribution < -0.4 is 4.90 Å². The molecule has 2 aromatic rings. The minimum absolute atomic E-state index is 0.537. The maximum absolute atomic E-state index is 9.04. The molecule has 0 amide bonds. The van der Waals surface area contributed by atoms with Crippen LogP contribution >= 0.6 is 11.3 Å². The van der Waals surface area contributed by atoms with Crippen LogP contribution in [0, 0.1) is 11.3 Å². The molecule has 1 aliphatic heterocycles. The van der Waals surface area contributed by atoms with E-state index in [2.05, 4.69) is 17.9 Å². The van der Waals surface area contributed by atoms with Gasteiger partial charge in [0.2, 0.25) is 5.95 Å². The van der Waals surface area contributed by atoms with Gasteiger partial charge in [-0.25, -0.2) is 9.97 Å². The first-order chi connectivity index (χ1) is 10.3. The first-order valence-electron chi connectivity index (χ1n) is 7.43. The van der Waals surface area contributed by atoms with Crippen LogP contribution in [0.5, 0.6) is 0 Å². The molecule has 0 aromatic carbocycles. The van der Waals surface area contributed by atoms with Crippen molar-refractivity contribution < 1.29 is 0 Å². The SMILES string of the molecule is CC1CCN1c1nc2c(c(-c3ccc(C#N)s3)n1)CCC2. The van der Waals surface area contributed by atoms with E-state index in [4.69, 9.17) is 15.2 Å². The van der Waals surface area contributed by atoms with Gasteiger partial charge in [-0.3, -0.25) is 0 Å². The monoisotopic (exact) mass is 296 g/mol. The molecule has 0 spiro atoms. The number of hydrogen-bond donors (Lipinski definition) is 0. The van der Waals surface area contributed by atoms with Gasteiger partial charge >= 0.3 is 0 Å². The van der Waals surface area contributed by atoms with Crippen LogP contribution in [0.15, 0.2) is 12.1 Å². The number of nitriles is 1. The van der Waals surface area contributed by atoms with Crippen molar-refractivity contribution in [3.63, 3.8) is 0 Å². The Hall–Kier alpha value is -1.93. The Morgan fingerprint density at radius 3 is 2.90 bits per heavy atom. The van der Waals surface area contributed by atoms with Crippen molar-refractivity contribution >= 4 is 17.3 Å². The summed E-state index contributed by atoms with van der Waals surface area (Å²) in [5.41, 5.74) is 3.55. The molecule has 1 aliphatic carbocycles. The van der Waals surface area contributed by atoms with E-state index >= 15 is 0 Å². The largest absolute Gasteiger partial charge is 0.338 e. The topological polar surface area (TPSA) is 52.8 Å². The molecular formula is C16H16N4S. The first kappa shape index (κ1) is 12.8. The van der Waals surface area contributed by atoms with Crippen LogP contribution in [-0.4, -0.2) is 22.6 Å². The third-order valence-electron chi connectivity index (χ3n) is 4.45. The molecule has 0 bridgehead atoms. The average Bonchev–Trinajstić information content (AvgIpc) is 3.13. The van der Waals surface area contributed by atoms with Crippen molar-refractivity contribution in [2.24, 2.45) is 0 Å². The number of aromatic nitrogens is 2. The second kappa shape index (κ2) is 4.81. The number of thiophene rings is 1. The highest BCUT2D eigenvalue weighted by Gasteiger charge is 2.29. The molecule has 4 rings (SSSR count). The second-order valence-electron chi connectivity index (χ2n) is 5.76. The molecule has 1 atom stereocenters. The molecule has 2 aromatic heterocycles. The molecule has 3 heterocycles. The van der Waals surface area contributed by atoms with E-state index in [9.17, 15) is 0 Å². The lowest BCUT2D eigenvalue weighted by Gasteiger charge is -2.39. The zero-order chi connectivity index (χ0) is 14.4. The third-order valence-corrected chi connectivity index (χ3v) is 5.44. The standard InChI is InChI=1S/C16H16N4S/c1-10-7-8-20(10)16-18-13-4-2-3-12(13)15(19-16)14-6-5-11(9-17)21-14/h5-6,10H,2-4,7-8H2,1H3. The normalized spacial score (nSPS) is 20.0. The molecule has 106 valence electrons. The summed E-state index contributed by atoms with van der Waals surface area (Å²) in [6, 6.07) is 6.66. The van der Waals surface area contributed by atoms with E-state index in [1.807, 2.05) is 12.1 Å². The maximum atomic E-state index is 9.04. The first-order valence-corrected chi connectivity index (χ1v) is 8.24. The molecule has 0 radical (unpaired) electrons. The van der Waals surface area contributed by atoms with Crippen LogP contribution in [0.4, 0.5) is 5.95 Å². The van der Waals surface area contributed by atoms with Gasteiger partial charge in [0, 0.05) is 23.8 Å². The summed E-state index contributed by atoms with van der Waals surface area (Å²) in [5, 5.41) is 9.04. The van der Waals surface area contributed by atoms with Crippen molar-refractivity contribution in [1.29, 1.82) is 5.26 Å². The number of fused-ring (bicyclic) bond motifs is 1. The maximum Gasteiger partial charge on any atom is 0.226 e. The van der Waals surface area contributed by atoms with Gasteiger partial charge in [-0.15, -0.1) is 11.3 Å². The molecule has 2 aliphatic rings. The number of anilines is 1. The molecule has 0 N–H and O–H groups in total. The zero-order valence-corrected chi connectivity index (χ0v) is 12.8. The fraction of sp³-hybridized carbons (Fsp3) is 0.438. The van der Waals surface area contributed by atoms with Crippen molar-refractivity contribution in [2.75, 3.05) is 11.4 Å². The predicted octanol–water partition coefficient (Wildman–Crippen LogP) is 3.16. The molecule has 1 unspecified atom stereocenters. The molecule has 0 saturated carbocycles. The lowest BCUT2D eigenvalue weighted by atomic mass is 10.1. The minimum Gasteiger partial charge on any atom is -0.338 e. The number of aryl methyl sites for hydroxylation is 1. The molecule has 5 heteroatoms. The fourth-order valence-corrected chi connectivity index (χ4v) is 3.91. The van der Waals surface area contributed by atoms with Gasteiger partial charge in [-0.2, -0.15) is 5.26 Å². The van der Waals surface area contributed by atoms with Gasteiger partial charge in [0.25, 0.3) is 0 Å². The Morgan fingerprint density at radius 1 is 1.33 bits per heavy atom. The molecule has 1 fully saturated rings. The highest BCUT2D eigenvalue weighted by molar-refractivity contribution is 7.16. The lowest BCUT2D eigenvalue weighted by Crippen LogP contribution is -2.46. The average molecular weight is 296 g/mol. The quantitative estimate of drug-likeness (QED) is 0.854. The summed E-state index contributed by atoms with van der Waals surface area (Å²) in [4.78, 5) is 13.8. The van der Waals surface area contributed by atoms with E-state index in [0.29, 0.717) is 6.04 Å². The summed E-state index contributed by atoms with van der Waals surface area (Å²) in [6.07, 6.45) is 4.48. The van der Waals surface area contributed by atoms with Gasteiger partial charge in [0.1, 0.15) is 10.9 Å². The molecule has 4 nitrogen and oxygen atoms in total. The molecule has 21 heavy (non-hydrogen) atoms. The number of hydrogen-bond acceptors (Lipinski definition) is 5. The minimum atomic E-state index is 0.537. The highest BCUT2D eigenvalue weighted by Crippen LogP contribution is 2.36. The fourth-order valence-electron chi connectivity index (χ4n) is 3.09. The Morgan fingerprint density at radius 2 is 2.24 bits per heavy atom. The lowest BCUT2D eigenvalue weighted by molar-refractivity contribution is 0.470. The van der Waals surface area contributed by atoms with E-state index in [1.54, 1.807) is 0 Å². The van der Waals surface area contributed by atoms with E-state index in [-0.39, 0.29) is 0 Å². The van der Waals surface area contributed by atoms with Crippen molar-refractivity contribution in [2.45, 2.75) is 38.6 Å². The van der Waals surface area contributed by atoms with Crippen LogP contribution in [0.25, 0.3) is 10.6 Å². The second-order valence-corrected chi connectivity index (χ2v) is 6.84. The number of nitrogens with zero attached hydrogens (tertiary/aromatic N) is 4. The van der Waals surface area contributed by atoms with Gasteiger partial charge in [-0.1, -0.05) is 0 Å². The van der Waals surface area contributed by atoms with Gasteiger partial charge in [-0.05, 0) is 44.7 Å². The van der Waals surface area contributed by atoms with Gasteiger partial charge in [0.15, 0.2) is 0 Å². The molecule has 1 saturated heterocycles. The predicted molar refractivity (Wildman–Crippen MR) is 83.5 cm³/mol. The third kappa shape index (κ3) is 2.02. The van der Waals surface area contributed by atoms with E-state index in [0.717, 1.165) is 47.2 Å². The Kier molecular flexibility index (Phi) is 2.93. The van der Waals surface area contributed by atoms with Crippen LogP contribution in [0.2, 0.25) is 0 Å². The summed E-state index contributed by atoms with van der Waals surface area (Å²) in [5.74, 6) is 0.872. The Bertz CT molecular complexity index is 743. The van der Waals surface area contributed by atoms with Crippen LogP contribution in [0.3, 0.4) is 0 Å². The molecular weight excluding hydrogens is 280 g/mol. The summed E-state index contributed by atoms with van der Waals surface area (Å²) in [7, 11) is 0. The number of rotatable bonds is 2. The Balaban J connectivity index is 1.83. The summed E-state index contributed by atoms with van der Waals surface area (Å²) >= 11 is 1.53. The van der Waals surface area contributed by atoms with Gasteiger partial charge in [0.05, 0.1) is 10.6 Å². The summed E-state index contributed by atoms with van der Waals surface area (Å²) in [6.45, 7) is 3.27.